The lowest BCUT2D eigenvalue weighted by molar-refractivity contribution is 0.651. The smallest absolute Gasteiger partial charge is 0.0509 e. The normalized spacial score (nSPS) is 12.4. The van der Waals surface area contributed by atoms with E-state index in [1.54, 1.807) is 0 Å². The minimum absolute atomic E-state index is 0.387. The standard InChI is InChI=1S/C16H20N2S/c1-12-6-4-8-15(18-12)11-19-16-9-5-7-14(10-16)13(2)17-3/h4-10,13,17H,11H2,1-3H3. The molecule has 0 radical (unpaired) electrons. The molecular weight excluding hydrogens is 252 g/mol. The van der Waals surface area contributed by atoms with Gasteiger partial charge >= 0.3 is 0 Å². The van der Waals surface area contributed by atoms with Crippen LogP contribution in [-0.2, 0) is 5.75 Å². The molecule has 0 fully saturated rings. The predicted molar refractivity (Wildman–Crippen MR) is 82.5 cm³/mol. The van der Waals surface area contributed by atoms with Crippen molar-refractivity contribution < 1.29 is 0 Å². The molecule has 0 saturated heterocycles. The van der Waals surface area contributed by atoms with Gasteiger partial charge in [0.1, 0.15) is 0 Å². The van der Waals surface area contributed by atoms with Gasteiger partial charge in [0.25, 0.3) is 0 Å². The highest BCUT2D eigenvalue weighted by Crippen LogP contribution is 2.25. The van der Waals surface area contributed by atoms with E-state index in [1.165, 1.54) is 10.5 Å². The zero-order valence-corrected chi connectivity index (χ0v) is 12.5. The largest absolute Gasteiger partial charge is 0.313 e. The van der Waals surface area contributed by atoms with E-state index in [2.05, 4.69) is 53.6 Å². The summed E-state index contributed by atoms with van der Waals surface area (Å²) in [5, 5.41) is 3.27. The van der Waals surface area contributed by atoms with Crippen LogP contribution < -0.4 is 5.32 Å². The number of hydrogen-bond donors (Lipinski definition) is 1. The second kappa shape index (κ2) is 6.73. The van der Waals surface area contributed by atoms with Gasteiger partial charge in [-0.3, -0.25) is 4.98 Å². The van der Waals surface area contributed by atoms with Crippen LogP contribution >= 0.6 is 11.8 Å². The van der Waals surface area contributed by atoms with Gasteiger partial charge < -0.3 is 5.32 Å². The van der Waals surface area contributed by atoms with Gasteiger partial charge in [-0.1, -0.05) is 18.2 Å². The van der Waals surface area contributed by atoms with Gasteiger partial charge in [-0.15, -0.1) is 11.8 Å². The third kappa shape index (κ3) is 4.08. The third-order valence-electron chi connectivity index (χ3n) is 3.12. The molecule has 1 unspecified atom stereocenters. The van der Waals surface area contributed by atoms with E-state index in [0.717, 1.165) is 17.1 Å². The molecule has 0 aliphatic rings. The zero-order chi connectivity index (χ0) is 13.7. The monoisotopic (exact) mass is 272 g/mol. The molecule has 1 atom stereocenters. The maximum Gasteiger partial charge on any atom is 0.0509 e. The van der Waals surface area contributed by atoms with E-state index in [4.69, 9.17) is 0 Å². The Hall–Kier alpha value is -1.32. The Labute approximate surface area is 119 Å². The molecule has 0 aliphatic carbocycles. The number of aromatic nitrogens is 1. The molecule has 2 nitrogen and oxygen atoms in total. The Morgan fingerprint density at radius 2 is 2.00 bits per heavy atom. The molecule has 0 saturated carbocycles. The van der Waals surface area contributed by atoms with Crippen LogP contribution in [0.5, 0.6) is 0 Å². The molecule has 100 valence electrons. The lowest BCUT2D eigenvalue weighted by Crippen LogP contribution is -2.11. The van der Waals surface area contributed by atoms with Crippen molar-refractivity contribution in [1.82, 2.24) is 10.3 Å². The SMILES string of the molecule is CNC(C)c1cccc(SCc2cccc(C)n2)c1. The Bertz CT molecular complexity index is 540. The minimum atomic E-state index is 0.387. The van der Waals surface area contributed by atoms with Crippen molar-refractivity contribution in [3.63, 3.8) is 0 Å². The van der Waals surface area contributed by atoms with Gasteiger partial charge in [-0.05, 0) is 50.7 Å². The van der Waals surface area contributed by atoms with Crippen molar-refractivity contribution in [1.29, 1.82) is 0 Å². The van der Waals surface area contributed by atoms with E-state index in [1.807, 2.05) is 31.8 Å². The maximum atomic E-state index is 4.53. The van der Waals surface area contributed by atoms with Crippen molar-refractivity contribution in [3.05, 3.63) is 59.4 Å². The topological polar surface area (TPSA) is 24.9 Å². The summed E-state index contributed by atoms with van der Waals surface area (Å²) < 4.78 is 0. The number of rotatable bonds is 5. The van der Waals surface area contributed by atoms with Gasteiger partial charge in [0.2, 0.25) is 0 Å². The maximum absolute atomic E-state index is 4.53. The highest BCUT2D eigenvalue weighted by Gasteiger charge is 2.04. The molecule has 2 aromatic rings. The Morgan fingerprint density at radius 1 is 1.21 bits per heavy atom. The van der Waals surface area contributed by atoms with Crippen LogP contribution in [0, 0.1) is 6.92 Å². The molecular formula is C16H20N2S. The molecule has 0 bridgehead atoms. The molecule has 1 aromatic carbocycles. The molecule has 1 N–H and O–H groups in total. The molecule has 2 rings (SSSR count). The van der Waals surface area contributed by atoms with Crippen LogP contribution in [0.15, 0.2) is 47.4 Å². The van der Waals surface area contributed by atoms with E-state index in [9.17, 15) is 0 Å². The van der Waals surface area contributed by atoms with Gasteiger partial charge in [0.15, 0.2) is 0 Å². The molecule has 0 amide bonds. The number of benzene rings is 1. The molecule has 0 aliphatic heterocycles. The number of thioether (sulfide) groups is 1. The molecule has 3 heteroatoms. The fourth-order valence-corrected chi connectivity index (χ4v) is 2.75. The van der Waals surface area contributed by atoms with Gasteiger partial charge in [0.05, 0.1) is 5.69 Å². The van der Waals surface area contributed by atoms with Crippen LogP contribution in [-0.4, -0.2) is 12.0 Å². The van der Waals surface area contributed by atoms with Crippen molar-refractivity contribution in [3.8, 4) is 0 Å². The first-order valence-corrected chi connectivity index (χ1v) is 7.50. The molecule has 0 spiro atoms. The van der Waals surface area contributed by atoms with Gasteiger partial charge in [-0.2, -0.15) is 0 Å². The lowest BCUT2D eigenvalue weighted by atomic mass is 10.1. The average molecular weight is 272 g/mol. The third-order valence-corrected chi connectivity index (χ3v) is 4.15. The predicted octanol–water partition coefficient (Wildman–Crippen LogP) is 3.96. The van der Waals surface area contributed by atoms with Gasteiger partial charge in [0, 0.05) is 22.4 Å². The second-order valence-corrected chi connectivity index (χ2v) is 5.69. The average Bonchev–Trinajstić information content (AvgIpc) is 2.45. The fraction of sp³-hybridized carbons (Fsp3) is 0.312. The Kier molecular flexibility index (Phi) is 5.00. The first kappa shape index (κ1) is 14.1. The number of aryl methyl sites for hydroxylation is 1. The summed E-state index contributed by atoms with van der Waals surface area (Å²) in [5.74, 6) is 0.916. The van der Waals surface area contributed by atoms with Crippen molar-refractivity contribution in [2.24, 2.45) is 0 Å². The summed E-state index contributed by atoms with van der Waals surface area (Å²) in [6, 6.07) is 15.3. The molecule has 19 heavy (non-hydrogen) atoms. The number of nitrogens with one attached hydrogen (secondary N) is 1. The van der Waals surface area contributed by atoms with Crippen molar-refractivity contribution in [2.45, 2.75) is 30.5 Å². The number of pyridine rings is 1. The summed E-state index contributed by atoms with van der Waals surface area (Å²) in [6.07, 6.45) is 0. The Balaban J connectivity index is 2.03. The molecule has 1 aromatic heterocycles. The summed E-state index contributed by atoms with van der Waals surface area (Å²) in [7, 11) is 1.99. The first-order valence-electron chi connectivity index (χ1n) is 6.51. The fourth-order valence-electron chi connectivity index (χ4n) is 1.88. The van der Waals surface area contributed by atoms with Crippen LogP contribution in [0.4, 0.5) is 0 Å². The van der Waals surface area contributed by atoms with E-state index >= 15 is 0 Å². The second-order valence-electron chi connectivity index (χ2n) is 4.64. The molecule has 1 heterocycles. The summed E-state index contributed by atoms with van der Waals surface area (Å²) in [6.45, 7) is 4.20. The van der Waals surface area contributed by atoms with Crippen LogP contribution in [0.3, 0.4) is 0 Å². The first-order chi connectivity index (χ1) is 9.19. The van der Waals surface area contributed by atoms with E-state index in [0.29, 0.717) is 6.04 Å². The summed E-state index contributed by atoms with van der Waals surface area (Å²) >= 11 is 1.83. The van der Waals surface area contributed by atoms with Crippen molar-refractivity contribution in [2.75, 3.05) is 7.05 Å². The summed E-state index contributed by atoms with van der Waals surface area (Å²) in [4.78, 5) is 5.82. The highest BCUT2D eigenvalue weighted by atomic mass is 32.2. The quantitative estimate of drug-likeness (QED) is 0.834. The van der Waals surface area contributed by atoms with E-state index in [-0.39, 0.29) is 0 Å². The lowest BCUT2D eigenvalue weighted by Gasteiger charge is -2.11. The zero-order valence-electron chi connectivity index (χ0n) is 11.7. The number of hydrogen-bond acceptors (Lipinski definition) is 3. The van der Waals surface area contributed by atoms with Crippen LogP contribution in [0.25, 0.3) is 0 Å². The Morgan fingerprint density at radius 3 is 2.74 bits per heavy atom. The van der Waals surface area contributed by atoms with Crippen LogP contribution in [0.1, 0.15) is 29.9 Å². The van der Waals surface area contributed by atoms with Crippen LogP contribution in [0.2, 0.25) is 0 Å². The number of nitrogens with zero attached hydrogens (tertiary/aromatic N) is 1. The van der Waals surface area contributed by atoms with Crippen molar-refractivity contribution >= 4 is 11.8 Å². The highest BCUT2D eigenvalue weighted by molar-refractivity contribution is 7.98. The van der Waals surface area contributed by atoms with Gasteiger partial charge in [-0.25, -0.2) is 0 Å². The minimum Gasteiger partial charge on any atom is -0.313 e. The summed E-state index contributed by atoms with van der Waals surface area (Å²) in [5.41, 5.74) is 3.54. The van der Waals surface area contributed by atoms with E-state index < -0.39 is 0 Å².